The number of fused-ring (bicyclic) bond motifs is 1. The molecule has 0 unspecified atom stereocenters. The molecule has 0 amide bonds. The molecule has 2 aliphatic heterocycles. The normalized spacial score (nSPS) is 16.3. The molecule has 0 aliphatic carbocycles. The molecule has 1 saturated heterocycles. The van der Waals surface area contributed by atoms with Gasteiger partial charge in [-0.15, -0.1) is 5.10 Å². The van der Waals surface area contributed by atoms with Crippen molar-refractivity contribution in [3.05, 3.63) is 47.3 Å². The lowest BCUT2D eigenvalue weighted by atomic mass is 10.2. The summed E-state index contributed by atoms with van der Waals surface area (Å²) >= 11 is 5.37. The van der Waals surface area contributed by atoms with Crippen LogP contribution in [0.3, 0.4) is 0 Å². The van der Waals surface area contributed by atoms with E-state index < -0.39 is 0 Å². The van der Waals surface area contributed by atoms with Gasteiger partial charge in [-0.1, -0.05) is 0 Å². The van der Waals surface area contributed by atoms with Crippen molar-refractivity contribution in [3.8, 4) is 28.7 Å². The van der Waals surface area contributed by atoms with Gasteiger partial charge in [0.25, 0.3) is 4.84 Å². The van der Waals surface area contributed by atoms with Gasteiger partial charge in [-0.2, -0.15) is 0 Å². The average Bonchev–Trinajstić information content (AvgIpc) is 3.35. The van der Waals surface area contributed by atoms with E-state index in [1.165, 1.54) is 0 Å². The van der Waals surface area contributed by atoms with E-state index in [2.05, 4.69) is 14.9 Å². The van der Waals surface area contributed by atoms with Crippen molar-refractivity contribution in [3.63, 3.8) is 0 Å². The third-order valence-corrected chi connectivity index (χ3v) is 5.44. The molecule has 2 aromatic carbocycles. The van der Waals surface area contributed by atoms with E-state index >= 15 is 0 Å². The zero-order valence-corrected chi connectivity index (χ0v) is 16.5. The number of benzene rings is 2. The summed E-state index contributed by atoms with van der Waals surface area (Å²) in [7, 11) is 0. The molecule has 3 aromatic rings. The minimum atomic E-state index is 0.229. The fourth-order valence-corrected chi connectivity index (χ4v) is 3.72. The number of ether oxygens (including phenoxy) is 2. The van der Waals surface area contributed by atoms with Crippen molar-refractivity contribution in [1.29, 1.82) is 0 Å². The van der Waals surface area contributed by atoms with E-state index in [1.54, 1.807) is 16.8 Å². The Bertz CT molecular complexity index is 1070. The SMILES string of the molecule is Oc1ccc(N2CCN(Cn3nc(-c4ccc5c(c4)OCO5)oc3=S)CC2)cc1. The molecule has 0 saturated carbocycles. The number of rotatable bonds is 4. The first-order valence-corrected chi connectivity index (χ1v) is 9.81. The molecule has 0 bridgehead atoms. The maximum Gasteiger partial charge on any atom is 0.288 e. The third-order valence-electron chi connectivity index (χ3n) is 5.15. The minimum absolute atomic E-state index is 0.229. The summed E-state index contributed by atoms with van der Waals surface area (Å²) in [5.41, 5.74) is 1.92. The average molecular weight is 412 g/mol. The van der Waals surface area contributed by atoms with Crippen molar-refractivity contribution < 1.29 is 19.0 Å². The minimum Gasteiger partial charge on any atom is -0.508 e. The van der Waals surface area contributed by atoms with Crippen LogP contribution in [0.15, 0.2) is 46.9 Å². The molecule has 1 N–H and O–H groups in total. The molecule has 1 fully saturated rings. The van der Waals surface area contributed by atoms with Gasteiger partial charge in [0.05, 0.1) is 6.67 Å². The number of phenolic OH excluding ortho intramolecular Hbond substituents is 1. The second kappa shape index (κ2) is 7.41. The van der Waals surface area contributed by atoms with Crippen molar-refractivity contribution in [2.45, 2.75) is 6.67 Å². The Labute approximate surface area is 172 Å². The smallest absolute Gasteiger partial charge is 0.288 e. The van der Waals surface area contributed by atoms with Crippen molar-refractivity contribution in [1.82, 2.24) is 14.7 Å². The van der Waals surface area contributed by atoms with Gasteiger partial charge < -0.3 is 23.9 Å². The van der Waals surface area contributed by atoms with Crippen LogP contribution in [0.2, 0.25) is 0 Å². The lowest BCUT2D eigenvalue weighted by Gasteiger charge is -2.35. The zero-order valence-electron chi connectivity index (χ0n) is 15.7. The molecule has 8 nitrogen and oxygen atoms in total. The van der Waals surface area contributed by atoms with E-state index in [1.807, 2.05) is 30.3 Å². The van der Waals surface area contributed by atoms with Crippen LogP contribution in [0, 0.1) is 4.84 Å². The van der Waals surface area contributed by atoms with Gasteiger partial charge in [0.2, 0.25) is 12.7 Å². The number of aromatic nitrogens is 2. The Kier molecular flexibility index (Phi) is 4.61. The molecule has 0 radical (unpaired) electrons. The molecule has 5 rings (SSSR count). The van der Waals surface area contributed by atoms with Crippen LogP contribution in [-0.4, -0.2) is 52.8 Å². The van der Waals surface area contributed by atoms with Crippen LogP contribution in [0.4, 0.5) is 5.69 Å². The van der Waals surface area contributed by atoms with Crippen molar-refractivity contribution >= 4 is 17.9 Å². The molecule has 3 heterocycles. The lowest BCUT2D eigenvalue weighted by Crippen LogP contribution is -2.46. The first kappa shape index (κ1) is 18.0. The lowest BCUT2D eigenvalue weighted by molar-refractivity contribution is 0.174. The summed E-state index contributed by atoms with van der Waals surface area (Å²) in [6.45, 7) is 4.36. The van der Waals surface area contributed by atoms with Gasteiger partial charge in [-0.25, -0.2) is 4.68 Å². The molecule has 0 atom stereocenters. The summed E-state index contributed by atoms with van der Waals surface area (Å²) in [5, 5.41) is 14.0. The topological polar surface area (TPSA) is 76.1 Å². The quantitative estimate of drug-likeness (QED) is 0.656. The van der Waals surface area contributed by atoms with E-state index in [9.17, 15) is 5.11 Å². The van der Waals surface area contributed by atoms with Gasteiger partial charge >= 0.3 is 0 Å². The molecular formula is C20H20N4O4S. The predicted octanol–water partition coefficient (Wildman–Crippen LogP) is 3.09. The summed E-state index contributed by atoms with van der Waals surface area (Å²) in [6, 6.07) is 12.9. The molecule has 9 heteroatoms. The first-order valence-electron chi connectivity index (χ1n) is 9.40. The van der Waals surface area contributed by atoms with E-state index in [0.29, 0.717) is 23.1 Å². The molecular weight excluding hydrogens is 392 g/mol. The summed E-state index contributed by atoms with van der Waals surface area (Å²) in [6.07, 6.45) is 0. The van der Waals surface area contributed by atoms with E-state index in [0.717, 1.165) is 43.2 Å². The number of piperazine rings is 1. The maximum atomic E-state index is 9.45. The predicted molar refractivity (Wildman–Crippen MR) is 109 cm³/mol. The molecule has 29 heavy (non-hydrogen) atoms. The van der Waals surface area contributed by atoms with E-state index in [-0.39, 0.29) is 12.5 Å². The highest BCUT2D eigenvalue weighted by atomic mass is 32.1. The molecule has 2 aliphatic rings. The number of anilines is 1. The van der Waals surface area contributed by atoms with Crippen LogP contribution >= 0.6 is 12.2 Å². The molecule has 1 aromatic heterocycles. The second-order valence-electron chi connectivity index (χ2n) is 7.00. The maximum absolute atomic E-state index is 9.45. The molecule has 150 valence electrons. The van der Waals surface area contributed by atoms with Crippen molar-refractivity contribution in [2.24, 2.45) is 0 Å². The Balaban J connectivity index is 1.25. The number of hydrogen-bond donors (Lipinski definition) is 1. The first-order chi connectivity index (χ1) is 14.2. The fourth-order valence-electron chi connectivity index (χ4n) is 3.54. The Morgan fingerprint density at radius 3 is 2.52 bits per heavy atom. The molecule has 0 spiro atoms. The summed E-state index contributed by atoms with van der Waals surface area (Å²) in [4.78, 5) is 4.94. The zero-order chi connectivity index (χ0) is 19.8. The Morgan fingerprint density at radius 1 is 0.966 bits per heavy atom. The summed E-state index contributed by atoms with van der Waals surface area (Å²) < 4.78 is 18.2. The highest BCUT2D eigenvalue weighted by Gasteiger charge is 2.20. The van der Waals surface area contributed by atoms with Gasteiger partial charge in [-0.3, -0.25) is 4.90 Å². The number of hydrogen-bond acceptors (Lipinski definition) is 8. The summed E-state index contributed by atoms with van der Waals surface area (Å²) in [5.74, 6) is 2.16. The monoisotopic (exact) mass is 412 g/mol. The van der Waals surface area contributed by atoms with Crippen LogP contribution in [0.25, 0.3) is 11.5 Å². The van der Waals surface area contributed by atoms with E-state index in [4.69, 9.17) is 26.1 Å². The van der Waals surface area contributed by atoms with Crippen LogP contribution in [0.5, 0.6) is 17.2 Å². The number of nitrogens with zero attached hydrogens (tertiary/aromatic N) is 4. The highest BCUT2D eigenvalue weighted by molar-refractivity contribution is 7.71. The van der Waals surface area contributed by atoms with Gasteiger partial charge in [0.1, 0.15) is 5.75 Å². The van der Waals surface area contributed by atoms with Crippen LogP contribution < -0.4 is 14.4 Å². The standard InChI is InChI=1S/C20H20N4O4S/c25-16-4-2-15(3-5-16)23-9-7-22(8-10-23)12-24-20(29)28-19(21-24)14-1-6-17-18(11-14)27-13-26-17/h1-6,11,25H,7-10,12-13H2. The second-order valence-corrected chi connectivity index (χ2v) is 7.35. The highest BCUT2D eigenvalue weighted by Crippen LogP contribution is 2.35. The van der Waals surface area contributed by atoms with Gasteiger partial charge in [-0.05, 0) is 54.7 Å². The third kappa shape index (κ3) is 3.66. The largest absolute Gasteiger partial charge is 0.508 e. The number of phenols is 1. The van der Waals surface area contributed by atoms with Crippen LogP contribution in [0.1, 0.15) is 0 Å². The van der Waals surface area contributed by atoms with Gasteiger partial charge in [0.15, 0.2) is 11.5 Å². The van der Waals surface area contributed by atoms with Crippen molar-refractivity contribution in [2.75, 3.05) is 37.9 Å². The fraction of sp³-hybridized carbons (Fsp3) is 0.300. The van der Waals surface area contributed by atoms with Gasteiger partial charge in [0, 0.05) is 37.4 Å². The van der Waals surface area contributed by atoms with Crippen LogP contribution in [-0.2, 0) is 6.67 Å². The Hall–Kier alpha value is -3.04. The Morgan fingerprint density at radius 2 is 1.72 bits per heavy atom. The number of aromatic hydroxyl groups is 1.